The van der Waals surface area contributed by atoms with Crippen molar-refractivity contribution < 1.29 is 4.11 Å². The van der Waals surface area contributed by atoms with Gasteiger partial charge < -0.3 is 14.7 Å². The van der Waals surface area contributed by atoms with E-state index in [9.17, 15) is 4.11 Å². The molecular formula is C73H78BN3S. The number of hydrogen-bond acceptors (Lipinski definition) is 4. The summed E-state index contributed by atoms with van der Waals surface area (Å²) in [5.41, 5.74) is 22.4. The molecule has 0 N–H and O–H groups in total. The minimum absolute atomic E-state index is 0.0136. The summed E-state index contributed by atoms with van der Waals surface area (Å²) >= 11 is 1.82. The van der Waals surface area contributed by atoms with Gasteiger partial charge in [0.15, 0.2) is 0 Å². The summed E-state index contributed by atoms with van der Waals surface area (Å²) in [6.07, 6.45) is 3.23. The van der Waals surface area contributed by atoms with E-state index in [0.717, 1.165) is 75.9 Å². The molecule has 0 unspecified atom stereocenters. The quantitative estimate of drug-likeness (QED) is 0.159. The van der Waals surface area contributed by atoms with Crippen molar-refractivity contribution in [1.82, 2.24) is 0 Å². The van der Waals surface area contributed by atoms with Gasteiger partial charge >= 0.3 is 0 Å². The molecule has 0 atom stereocenters. The van der Waals surface area contributed by atoms with E-state index < -0.39 is 6.85 Å². The van der Waals surface area contributed by atoms with Crippen LogP contribution >= 0.6 is 11.3 Å². The van der Waals surface area contributed by atoms with Gasteiger partial charge in [-0.15, -0.1) is 11.3 Å². The maximum Gasteiger partial charge on any atom is 0.252 e. The third kappa shape index (κ3) is 7.78. The first-order valence-electron chi connectivity index (χ1n) is 30.1. The van der Waals surface area contributed by atoms with Gasteiger partial charge in [-0.1, -0.05) is 170 Å². The van der Waals surface area contributed by atoms with E-state index in [1.54, 1.807) is 0 Å². The van der Waals surface area contributed by atoms with Crippen molar-refractivity contribution in [3.63, 3.8) is 0 Å². The van der Waals surface area contributed by atoms with Crippen molar-refractivity contribution in [2.45, 2.75) is 162 Å². The molecule has 5 heteroatoms. The van der Waals surface area contributed by atoms with E-state index in [4.69, 9.17) is 0 Å². The van der Waals surface area contributed by atoms with Crippen LogP contribution in [-0.4, -0.2) is 6.71 Å². The summed E-state index contributed by atoms with van der Waals surface area (Å²) in [7, 11) is 0. The molecule has 0 amide bonds. The molecule has 0 radical (unpaired) electrons. The summed E-state index contributed by atoms with van der Waals surface area (Å²) in [5, 5.41) is 2.41. The molecule has 4 aliphatic rings. The standard InChI is InChI=1S/C73H78BN3S/c1-44-36-63-66-64(37-44)77(60-41-56-53(38-45(60)2)72(13,14)43-73(56,15)16)62-42-55-54(70(9,10)34-35-71(55,11)12)40-58(62)74(66)57-33-32-50(39-61(57)76(63)59-22-19-21-52-51-20-17-18-23-65(51)78-67(52)59)75(48-28-24-46(25-29-48)68(3,4)5)49-30-26-47(27-31-49)69(6,7)8/h17-33,36-42H,34-35,43H2,1-16H3/i1D3. The first-order valence-corrected chi connectivity index (χ1v) is 29.4. The number of anilines is 9. The molecule has 3 heterocycles. The van der Waals surface area contributed by atoms with Gasteiger partial charge in [0.25, 0.3) is 6.71 Å². The molecule has 0 saturated heterocycles. The number of nitrogens with zero attached hydrogens (tertiary/aromatic N) is 3. The van der Waals surface area contributed by atoms with Crippen molar-refractivity contribution in [2.24, 2.45) is 0 Å². The van der Waals surface area contributed by atoms with Gasteiger partial charge in [0.1, 0.15) is 0 Å². The molecule has 2 aliphatic heterocycles. The maximum absolute atomic E-state index is 9.40. The van der Waals surface area contributed by atoms with E-state index >= 15 is 0 Å². The predicted octanol–water partition coefficient (Wildman–Crippen LogP) is 19.1. The number of thiophene rings is 1. The summed E-state index contributed by atoms with van der Waals surface area (Å²) in [4.78, 5) is 7.38. The molecule has 394 valence electrons. The second-order valence-corrected chi connectivity index (χ2v) is 29.4. The van der Waals surface area contributed by atoms with Gasteiger partial charge in [0, 0.05) is 65.1 Å². The van der Waals surface area contributed by atoms with E-state index in [0.29, 0.717) is 5.56 Å². The third-order valence-electron chi connectivity index (χ3n) is 18.8. The van der Waals surface area contributed by atoms with Gasteiger partial charge in [-0.2, -0.15) is 0 Å². The Kier molecular flexibility index (Phi) is 10.3. The fourth-order valence-electron chi connectivity index (χ4n) is 14.6. The van der Waals surface area contributed by atoms with Crippen LogP contribution in [-0.2, 0) is 32.5 Å². The Morgan fingerprint density at radius 1 is 0.487 bits per heavy atom. The smallest absolute Gasteiger partial charge is 0.252 e. The summed E-state index contributed by atoms with van der Waals surface area (Å²) < 4.78 is 30.6. The molecule has 3 nitrogen and oxygen atoms in total. The summed E-state index contributed by atoms with van der Waals surface area (Å²) in [6, 6.07) is 55.0. The lowest BCUT2D eigenvalue weighted by atomic mass is 9.33. The minimum Gasteiger partial charge on any atom is -0.311 e. The highest BCUT2D eigenvalue weighted by molar-refractivity contribution is 7.26. The van der Waals surface area contributed by atoms with Gasteiger partial charge in [-0.3, -0.25) is 0 Å². The van der Waals surface area contributed by atoms with E-state index in [1.165, 1.54) is 70.0 Å². The largest absolute Gasteiger partial charge is 0.311 e. The molecule has 2 aliphatic carbocycles. The van der Waals surface area contributed by atoms with Crippen molar-refractivity contribution in [2.75, 3.05) is 14.7 Å². The minimum atomic E-state index is -2.42. The van der Waals surface area contributed by atoms with Crippen LogP contribution in [0.25, 0.3) is 20.2 Å². The number of fused-ring (bicyclic) bond motifs is 9. The monoisotopic (exact) mass is 1040 g/mol. The van der Waals surface area contributed by atoms with Gasteiger partial charge in [-0.05, 0) is 199 Å². The molecule has 78 heavy (non-hydrogen) atoms. The fraction of sp³-hybridized carbons (Fsp3) is 0.342. The molecule has 0 bridgehead atoms. The fourth-order valence-corrected chi connectivity index (χ4v) is 15.8. The lowest BCUT2D eigenvalue weighted by molar-refractivity contribution is 0.332. The Labute approximate surface area is 474 Å². The Balaban J connectivity index is 1.16. The second-order valence-electron chi connectivity index (χ2n) is 28.3. The third-order valence-corrected chi connectivity index (χ3v) is 20.0. The lowest BCUT2D eigenvalue weighted by Crippen LogP contribution is -2.62. The molecule has 0 spiro atoms. The summed E-state index contributed by atoms with van der Waals surface area (Å²) in [5.74, 6) is 0. The highest BCUT2D eigenvalue weighted by Crippen LogP contribution is 2.56. The van der Waals surface area contributed by atoms with Crippen LogP contribution in [0.2, 0.25) is 0 Å². The Bertz CT molecular complexity index is 4010. The van der Waals surface area contributed by atoms with E-state index in [2.05, 4.69) is 252 Å². The molecule has 1 aromatic heterocycles. The normalized spacial score (nSPS) is 18.1. The van der Waals surface area contributed by atoms with E-state index in [-0.39, 0.29) is 39.2 Å². The van der Waals surface area contributed by atoms with Crippen molar-refractivity contribution in [3.05, 3.63) is 190 Å². The van der Waals surface area contributed by atoms with Crippen LogP contribution in [0.15, 0.2) is 146 Å². The number of aryl methyl sites for hydroxylation is 2. The van der Waals surface area contributed by atoms with Gasteiger partial charge in [-0.25, -0.2) is 0 Å². The molecule has 13 rings (SSSR count). The van der Waals surface area contributed by atoms with Gasteiger partial charge in [0.2, 0.25) is 0 Å². The van der Waals surface area contributed by atoms with Crippen LogP contribution in [0.5, 0.6) is 0 Å². The molecular weight excluding hydrogens is 962 g/mol. The van der Waals surface area contributed by atoms with Crippen LogP contribution in [0.4, 0.5) is 51.2 Å². The Morgan fingerprint density at radius 3 is 1.60 bits per heavy atom. The number of benzene rings is 8. The SMILES string of the molecule is [2H]C([2H])([2H])c1cc2c3c(c1)N(c1cccc4c1sc1ccccc14)c1cc(N(c4ccc(C(C)(C)C)cc4)c4ccc(C(C)(C)C)cc4)ccc1B3c1cc3c(cc1N2c1cc2c(cc1C)C(C)(C)CC2(C)C)C(C)(C)CCC3(C)C. The number of hydrogen-bond donors (Lipinski definition) is 0. The molecule has 9 aromatic rings. The van der Waals surface area contributed by atoms with Crippen LogP contribution in [0.1, 0.15) is 165 Å². The van der Waals surface area contributed by atoms with Crippen molar-refractivity contribution in [1.29, 1.82) is 0 Å². The van der Waals surface area contributed by atoms with Crippen LogP contribution in [0.3, 0.4) is 0 Å². The average molecular weight is 1040 g/mol. The second kappa shape index (κ2) is 17.0. The first-order chi connectivity index (χ1) is 37.9. The zero-order valence-corrected chi connectivity index (χ0v) is 49.6. The Morgan fingerprint density at radius 2 is 1.00 bits per heavy atom. The van der Waals surface area contributed by atoms with Crippen LogP contribution < -0.4 is 31.1 Å². The van der Waals surface area contributed by atoms with Crippen LogP contribution in [0, 0.1) is 13.8 Å². The zero-order valence-electron chi connectivity index (χ0n) is 51.8. The van der Waals surface area contributed by atoms with Crippen molar-refractivity contribution >= 4 is 106 Å². The summed E-state index contributed by atoms with van der Waals surface area (Å²) in [6.45, 7) is 32.6. The lowest BCUT2D eigenvalue weighted by Gasteiger charge is -2.48. The maximum atomic E-state index is 9.40. The highest BCUT2D eigenvalue weighted by atomic mass is 32.1. The molecule has 8 aromatic carbocycles. The Hall–Kier alpha value is -6.56. The molecule has 0 saturated carbocycles. The van der Waals surface area contributed by atoms with E-state index in [1.807, 2.05) is 23.5 Å². The zero-order chi connectivity index (χ0) is 57.5. The first kappa shape index (κ1) is 47.4. The van der Waals surface area contributed by atoms with Gasteiger partial charge in [0.05, 0.1) is 10.4 Å². The predicted molar refractivity (Wildman–Crippen MR) is 341 cm³/mol. The topological polar surface area (TPSA) is 9.72 Å². The highest BCUT2D eigenvalue weighted by Gasteiger charge is 2.48. The number of rotatable bonds is 5. The molecule has 0 fully saturated rings. The average Bonchev–Trinajstić information content (AvgIpc) is 1.57. The van der Waals surface area contributed by atoms with Crippen molar-refractivity contribution in [3.8, 4) is 0 Å².